The SMILES string of the molecule is C/C1=C\N2c3ccc(C(C)(C)C)cc3C(C)(C)c3ccc4c(c32)C2C3=C(C=C(C5=CC=CCC5)CC3N1c1ccccc12)N4c1ccc(C(C)(C)C)cc1. The van der Waals surface area contributed by atoms with E-state index in [9.17, 15) is 0 Å². The summed E-state index contributed by atoms with van der Waals surface area (Å²) < 4.78 is 0. The predicted molar refractivity (Wildman–Crippen MR) is 228 cm³/mol. The van der Waals surface area contributed by atoms with Gasteiger partial charge in [-0.15, -0.1) is 0 Å². The molecule has 4 bridgehead atoms. The molecule has 4 aromatic rings. The van der Waals surface area contributed by atoms with Crippen molar-refractivity contribution in [3.8, 4) is 0 Å². The van der Waals surface area contributed by atoms with E-state index in [2.05, 4.69) is 186 Å². The molecule has 0 spiro atoms. The van der Waals surface area contributed by atoms with Crippen molar-refractivity contribution in [1.82, 2.24) is 0 Å². The highest BCUT2D eigenvalue weighted by Gasteiger charge is 2.51. The average Bonchev–Trinajstić information content (AvgIpc) is 3.22. The Hall–Kier alpha value is -5.02. The summed E-state index contributed by atoms with van der Waals surface area (Å²) in [6, 6.07) is 31.2. The molecule has 272 valence electrons. The first-order valence-electron chi connectivity index (χ1n) is 20.1. The van der Waals surface area contributed by atoms with Crippen LogP contribution in [0.15, 0.2) is 137 Å². The number of fused-ring (bicyclic) bond motifs is 4. The molecule has 0 aromatic heterocycles. The minimum atomic E-state index is -0.196. The second-order valence-electron chi connectivity index (χ2n) is 19.0. The van der Waals surface area contributed by atoms with Gasteiger partial charge in [0.15, 0.2) is 0 Å². The molecule has 3 nitrogen and oxygen atoms in total. The Morgan fingerprint density at radius 3 is 2.19 bits per heavy atom. The molecule has 4 aliphatic heterocycles. The maximum atomic E-state index is 2.70. The Morgan fingerprint density at radius 1 is 0.741 bits per heavy atom. The van der Waals surface area contributed by atoms with Crippen LogP contribution in [0.2, 0.25) is 0 Å². The van der Waals surface area contributed by atoms with Crippen molar-refractivity contribution in [1.29, 1.82) is 0 Å². The van der Waals surface area contributed by atoms with Crippen LogP contribution in [0.3, 0.4) is 0 Å². The molecule has 2 aliphatic carbocycles. The van der Waals surface area contributed by atoms with Gasteiger partial charge < -0.3 is 14.7 Å². The van der Waals surface area contributed by atoms with Gasteiger partial charge in [0.2, 0.25) is 0 Å². The first kappa shape index (κ1) is 33.5. The smallest absolute Gasteiger partial charge is 0.0622 e. The van der Waals surface area contributed by atoms with Gasteiger partial charge in [0.1, 0.15) is 0 Å². The number of anilines is 5. The molecule has 54 heavy (non-hydrogen) atoms. The Kier molecular flexibility index (Phi) is 6.99. The van der Waals surface area contributed by atoms with Crippen LogP contribution in [0.25, 0.3) is 0 Å². The second-order valence-corrected chi connectivity index (χ2v) is 19.0. The third-order valence-corrected chi connectivity index (χ3v) is 13.3. The van der Waals surface area contributed by atoms with Crippen molar-refractivity contribution in [2.45, 2.75) is 110 Å². The summed E-state index contributed by atoms with van der Waals surface area (Å²) in [5, 5.41) is 0. The Morgan fingerprint density at radius 2 is 1.46 bits per heavy atom. The van der Waals surface area contributed by atoms with Gasteiger partial charge in [-0.25, -0.2) is 0 Å². The summed E-state index contributed by atoms with van der Waals surface area (Å²) in [5.74, 6) is 0.138. The fourth-order valence-electron chi connectivity index (χ4n) is 10.4. The van der Waals surface area contributed by atoms with Crippen LogP contribution in [0.5, 0.6) is 0 Å². The topological polar surface area (TPSA) is 9.72 Å². The molecule has 10 rings (SSSR count). The van der Waals surface area contributed by atoms with Crippen molar-refractivity contribution < 1.29 is 0 Å². The minimum Gasteiger partial charge on any atom is -0.336 e. The van der Waals surface area contributed by atoms with Gasteiger partial charge in [0.05, 0.1) is 17.4 Å². The van der Waals surface area contributed by atoms with E-state index in [-0.39, 0.29) is 28.2 Å². The van der Waals surface area contributed by atoms with Crippen LogP contribution in [0, 0.1) is 0 Å². The summed E-state index contributed by atoms with van der Waals surface area (Å²) in [7, 11) is 0. The first-order chi connectivity index (χ1) is 25.7. The van der Waals surface area contributed by atoms with Crippen LogP contribution >= 0.6 is 0 Å². The molecule has 4 aromatic carbocycles. The summed E-state index contributed by atoms with van der Waals surface area (Å²) in [5.41, 5.74) is 21.9. The van der Waals surface area contributed by atoms with Gasteiger partial charge in [-0.2, -0.15) is 0 Å². The highest BCUT2D eigenvalue weighted by molar-refractivity contribution is 5.94. The quantitative estimate of drug-likeness (QED) is 0.205. The van der Waals surface area contributed by atoms with E-state index in [1.807, 2.05) is 0 Å². The highest BCUT2D eigenvalue weighted by atomic mass is 15.3. The molecular formula is C51H53N3. The van der Waals surface area contributed by atoms with E-state index in [4.69, 9.17) is 0 Å². The fourth-order valence-corrected chi connectivity index (χ4v) is 10.4. The fraction of sp³-hybridized carbons (Fsp3) is 0.333. The first-order valence-corrected chi connectivity index (χ1v) is 20.1. The lowest BCUT2D eigenvalue weighted by atomic mass is 9.66. The highest BCUT2D eigenvalue weighted by Crippen LogP contribution is 2.64. The van der Waals surface area contributed by atoms with E-state index >= 15 is 0 Å². The standard InChI is InChI=1S/C51H53N3/c1-31-30-52-41-25-21-35(50(5,6)7)29-39(41)51(8,9)38-24-26-42-47(48(38)52)45-37-17-13-14-18-40(37)53(31)43-27-33(32-15-11-10-12-16-32)28-44(46(43)45)54(42)36-22-19-34(20-23-36)49(2,3)4/h10-11,13-15,17-26,28-30,43,45H,12,16,27H2,1-9H3/b31-30+. The number of allylic oxidation sites excluding steroid dienone is 6. The van der Waals surface area contributed by atoms with E-state index in [1.165, 1.54) is 89.9 Å². The van der Waals surface area contributed by atoms with Crippen molar-refractivity contribution in [3.63, 3.8) is 0 Å². The average molecular weight is 708 g/mol. The normalized spacial score (nSPS) is 22.8. The van der Waals surface area contributed by atoms with E-state index < -0.39 is 0 Å². The summed E-state index contributed by atoms with van der Waals surface area (Å²) in [6.07, 6.45) is 15.2. The van der Waals surface area contributed by atoms with Gasteiger partial charge in [-0.05, 0) is 118 Å². The monoisotopic (exact) mass is 707 g/mol. The molecule has 0 radical (unpaired) electrons. The summed E-state index contributed by atoms with van der Waals surface area (Å²) >= 11 is 0. The number of benzene rings is 4. The number of nitrogens with zero attached hydrogens (tertiary/aromatic N) is 3. The molecule has 0 N–H and O–H groups in total. The van der Waals surface area contributed by atoms with Gasteiger partial charge in [-0.1, -0.05) is 122 Å². The lowest BCUT2D eigenvalue weighted by Gasteiger charge is -2.52. The van der Waals surface area contributed by atoms with E-state index in [0.29, 0.717) is 0 Å². The molecule has 0 saturated carbocycles. The van der Waals surface area contributed by atoms with Gasteiger partial charge in [0.25, 0.3) is 0 Å². The second kappa shape index (κ2) is 11.3. The lowest BCUT2D eigenvalue weighted by Crippen LogP contribution is -2.46. The zero-order valence-corrected chi connectivity index (χ0v) is 33.5. The van der Waals surface area contributed by atoms with Gasteiger partial charge in [0, 0.05) is 51.6 Å². The van der Waals surface area contributed by atoms with Crippen molar-refractivity contribution in [2.75, 3.05) is 14.7 Å². The predicted octanol–water partition coefficient (Wildman–Crippen LogP) is 13.3. The van der Waals surface area contributed by atoms with Crippen molar-refractivity contribution in [3.05, 3.63) is 171 Å². The minimum absolute atomic E-state index is 0.0586. The Labute approximate surface area is 322 Å². The summed E-state index contributed by atoms with van der Waals surface area (Å²) in [6.45, 7) is 21.2. The third kappa shape index (κ3) is 4.66. The molecule has 2 atom stereocenters. The van der Waals surface area contributed by atoms with Gasteiger partial charge in [-0.3, -0.25) is 0 Å². The van der Waals surface area contributed by atoms with E-state index in [0.717, 1.165) is 19.3 Å². The van der Waals surface area contributed by atoms with Crippen LogP contribution in [0.4, 0.5) is 28.4 Å². The molecule has 0 saturated heterocycles. The molecule has 3 heteroatoms. The molecule has 0 fully saturated rings. The van der Waals surface area contributed by atoms with Crippen molar-refractivity contribution >= 4 is 28.4 Å². The van der Waals surface area contributed by atoms with Gasteiger partial charge >= 0.3 is 0 Å². The largest absolute Gasteiger partial charge is 0.336 e. The van der Waals surface area contributed by atoms with Crippen LogP contribution < -0.4 is 14.7 Å². The number of rotatable bonds is 2. The molecule has 4 heterocycles. The zero-order chi connectivity index (χ0) is 37.5. The van der Waals surface area contributed by atoms with E-state index in [1.54, 1.807) is 0 Å². The lowest BCUT2D eigenvalue weighted by molar-refractivity contribution is 0.580. The van der Waals surface area contributed by atoms with Crippen LogP contribution in [-0.2, 0) is 16.2 Å². The Balaban J connectivity index is 1.33. The maximum absolute atomic E-state index is 2.70. The number of para-hydroxylation sites is 1. The summed E-state index contributed by atoms with van der Waals surface area (Å²) in [4.78, 5) is 7.93. The maximum Gasteiger partial charge on any atom is 0.0622 e. The zero-order valence-electron chi connectivity index (χ0n) is 33.5. The van der Waals surface area contributed by atoms with Crippen LogP contribution in [0.1, 0.15) is 121 Å². The third-order valence-electron chi connectivity index (χ3n) is 13.3. The molecule has 2 unspecified atom stereocenters. The van der Waals surface area contributed by atoms with Crippen molar-refractivity contribution in [2.24, 2.45) is 0 Å². The number of hydrogen-bond acceptors (Lipinski definition) is 3. The molecular weight excluding hydrogens is 655 g/mol. The van der Waals surface area contributed by atoms with Crippen LogP contribution in [-0.4, -0.2) is 6.04 Å². The number of hydrogen-bond donors (Lipinski definition) is 0. The molecule has 0 amide bonds. The molecule has 6 aliphatic rings. The Bertz CT molecular complexity index is 2430.